The third kappa shape index (κ3) is 7.11. The van der Waals surface area contributed by atoms with Crippen LogP contribution >= 0.6 is 0 Å². The van der Waals surface area contributed by atoms with Gasteiger partial charge in [-0.3, -0.25) is 0 Å². The molecule has 0 saturated heterocycles. The minimum atomic E-state index is 0.0959. The van der Waals surface area contributed by atoms with Crippen LogP contribution in [0, 0.1) is 13.8 Å². The number of anilines is 6. The fourth-order valence-corrected chi connectivity index (χ4v) is 6.44. The van der Waals surface area contributed by atoms with E-state index in [1.54, 1.807) is 0 Å². The Morgan fingerprint density at radius 2 is 0.800 bits per heavy atom. The Labute approximate surface area is 297 Å². The lowest BCUT2D eigenvalue weighted by atomic mass is 9.87. The first kappa shape index (κ1) is 32.7. The van der Waals surface area contributed by atoms with Crippen molar-refractivity contribution in [3.63, 3.8) is 0 Å². The van der Waals surface area contributed by atoms with Crippen LogP contribution in [0.1, 0.15) is 48.6 Å². The molecule has 7 aromatic rings. The molecule has 0 amide bonds. The SMILES string of the molecule is Cc1ccc(N(c2ccc(C)cc2)c2ccc(C=Cc3ccc(N(c4ccc(C(C)(C)C)cc4)c4cccc5ccccc45)cc3)cc2)cc1. The van der Waals surface area contributed by atoms with Gasteiger partial charge in [-0.25, -0.2) is 0 Å². The third-order valence-electron chi connectivity index (χ3n) is 9.35. The van der Waals surface area contributed by atoms with Crippen molar-refractivity contribution in [1.29, 1.82) is 0 Å². The van der Waals surface area contributed by atoms with Gasteiger partial charge in [-0.15, -0.1) is 0 Å². The van der Waals surface area contributed by atoms with E-state index in [1.807, 2.05) is 0 Å². The Hall–Kier alpha value is -5.86. The second kappa shape index (κ2) is 13.9. The van der Waals surface area contributed by atoms with E-state index in [0.29, 0.717) is 0 Å². The van der Waals surface area contributed by atoms with Crippen LogP contribution in [0.15, 0.2) is 164 Å². The lowest BCUT2D eigenvalue weighted by Crippen LogP contribution is -2.13. The molecule has 50 heavy (non-hydrogen) atoms. The average molecular weight is 649 g/mol. The van der Waals surface area contributed by atoms with Crippen LogP contribution in [0.25, 0.3) is 22.9 Å². The molecule has 0 radical (unpaired) electrons. The Kier molecular flexibility index (Phi) is 9.11. The van der Waals surface area contributed by atoms with Crippen molar-refractivity contribution in [2.24, 2.45) is 0 Å². The molecule has 7 rings (SSSR count). The summed E-state index contributed by atoms with van der Waals surface area (Å²) in [5.74, 6) is 0. The normalized spacial score (nSPS) is 11.6. The summed E-state index contributed by atoms with van der Waals surface area (Å²) in [5.41, 5.74) is 13.1. The van der Waals surface area contributed by atoms with Crippen molar-refractivity contribution < 1.29 is 0 Å². The summed E-state index contributed by atoms with van der Waals surface area (Å²) in [5, 5.41) is 2.46. The van der Waals surface area contributed by atoms with Crippen molar-refractivity contribution in [3.8, 4) is 0 Å². The molecule has 0 atom stereocenters. The number of aryl methyl sites for hydroxylation is 2. The van der Waals surface area contributed by atoms with Gasteiger partial charge >= 0.3 is 0 Å². The Bertz CT molecular complexity index is 2170. The third-order valence-corrected chi connectivity index (χ3v) is 9.35. The molecule has 0 N–H and O–H groups in total. The predicted octanol–water partition coefficient (Wildman–Crippen LogP) is 13.9. The van der Waals surface area contributed by atoms with Crippen LogP contribution in [0.5, 0.6) is 0 Å². The molecule has 0 unspecified atom stereocenters. The molecule has 0 heterocycles. The van der Waals surface area contributed by atoms with Crippen molar-refractivity contribution in [2.45, 2.75) is 40.0 Å². The van der Waals surface area contributed by atoms with Gasteiger partial charge in [0, 0.05) is 33.8 Å². The van der Waals surface area contributed by atoms with Crippen LogP contribution in [-0.2, 0) is 5.41 Å². The summed E-state index contributed by atoms with van der Waals surface area (Å²) in [7, 11) is 0. The highest BCUT2D eigenvalue weighted by Crippen LogP contribution is 2.40. The molecule has 0 aliphatic rings. The molecule has 7 aromatic carbocycles. The van der Waals surface area contributed by atoms with Gasteiger partial charge in [0.05, 0.1) is 5.69 Å². The zero-order valence-electron chi connectivity index (χ0n) is 29.6. The lowest BCUT2D eigenvalue weighted by Gasteiger charge is -2.28. The van der Waals surface area contributed by atoms with Gasteiger partial charge < -0.3 is 9.80 Å². The summed E-state index contributed by atoms with van der Waals surface area (Å²) in [6.07, 6.45) is 4.38. The molecule has 0 bridgehead atoms. The van der Waals surface area contributed by atoms with E-state index >= 15 is 0 Å². The van der Waals surface area contributed by atoms with Gasteiger partial charge in [0.2, 0.25) is 0 Å². The van der Waals surface area contributed by atoms with Gasteiger partial charge in [-0.1, -0.05) is 141 Å². The maximum atomic E-state index is 2.37. The minimum absolute atomic E-state index is 0.0959. The first-order chi connectivity index (χ1) is 24.2. The first-order valence-electron chi connectivity index (χ1n) is 17.4. The monoisotopic (exact) mass is 648 g/mol. The van der Waals surface area contributed by atoms with Gasteiger partial charge in [-0.2, -0.15) is 0 Å². The van der Waals surface area contributed by atoms with Gasteiger partial charge in [0.1, 0.15) is 0 Å². The van der Waals surface area contributed by atoms with Crippen LogP contribution < -0.4 is 9.80 Å². The number of benzene rings is 7. The molecule has 2 nitrogen and oxygen atoms in total. The van der Waals surface area contributed by atoms with Gasteiger partial charge in [-0.05, 0) is 108 Å². The second-order valence-corrected chi connectivity index (χ2v) is 14.2. The molecule has 0 aromatic heterocycles. The quantitative estimate of drug-likeness (QED) is 0.151. The van der Waals surface area contributed by atoms with E-state index < -0.39 is 0 Å². The molecule has 0 aliphatic carbocycles. The molecule has 0 fully saturated rings. The average Bonchev–Trinajstić information content (AvgIpc) is 3.13. The highest BCUT2D eigenvalue weighted by atomic mass is 15.1. The van der Waals surface area contributed by atoms with E-state index in [9.17, 15) is 0 Å². The minimum Gasteiger partial charge on any atom is -0.311 e. The number of rotatable bonds is 8. The summed E-state index contributed by atoms with van der Waals surface area (Å²) in [6, 6.07) is 59.3. The maximum Gasteiger partial charge on any atom is 0.0540 e. The first-order valence-corrected chi connectivity index (χ1v) is 17.4. The summed E-state index contributed by atoms with van der Waals surface area (Å²) in [4.78, 5) is 4.68. The summed E-state index contributed by atoms with van der Waals surface area (Å²) < 4.78 is 0. The van der Waals surface area contributed by atoms with Crippen LogP contribution in [-0.4, -0.2) is 0 Å². The van der Waals surface area contributed by atoms with Gasteiger partial charge in [0.25, 0.3) is 0 Å². The van der Waals surface area contributed by atoms with Crippen molar-refractivity contribution in [2.75, 3.05) is 9.80 Å². The van der Waals surface area contributed by atoms with Crippen LogP contribution in [0.2, 0.25) is 0 Å². The molecule has 0 aliphatic heterocycles. The standard InChI is InChI=1S/C48H44N2/c1-35-13-25-41(26-14-35)49(42-27-15-36(2)16-28-42)43-29-19-37(20-30-43)17-18-38-21-31-44(32-22-38)50(45-33-23-40(24-34-45)48(3,4)5)47-12-8-10-39-9-6-7-11-46(39)47/h6-34H,1-5H3. The zero-order valence-corrected chi connectivity index (χ0v) is 29.6. The number of fused-ring (bicyclic) bond motifs is 1. The number of hydrogen-bond acceptors (Lipinski definition) is 2. The molecule has 2 heteroatoms. The molecule has 0 saturated carbocycles. The Balaban J connectivity index is 1.16. The second-order valence-electron chi connectivity index (χ2n) is 14.2. The fraction of sp³-hybridized carbons (Fsp3) is 0.125. The molecule has 0 spiro atoms. The van der Waals surface area contributed by atoms with Crippen LogP contribution in [0.4, 0.5) is 34.1 Å². The van der Waals surface area contributed by atoms with Crippen molar-refractivity contribution in [3.05, 3.63) is 192 Å². The summed E-state index contributed by atoms with van der Waals surface area (Å²) in [6.45, 7) is 11.0. The number of nitrogens with zero attached hydrogens (tertiary/aromatic N) is 2. The molecular formula is C48H44N2. The largest absolute Gasteiger partial charge is 0.311 e. The highest BCUT2D eigenvalue weighted by molar-refractivity contribution is 5.99. The zero-order chi connectivity index (χ0) is 34.7. The van der Waals surface area contributed by atoms with Crippen molar-refractivity contribution in [1.82, 2.24) is 0 Å². The van der Waals surface area contributed by atoms with E-state index in [0.717, 1.165) is 39.6 Å². The van der Waals surface area contributed by atoms with E-state index in [1.165, 1.54) is 33.2 Å². The predicted molar refractivity (Wildman–Crippen MR) is 217 cm³/mol. The fourth-order valence-electron chi connectivity index (χ4n) is 6.44. The van der Waals surface area contributed by atoms with E-state index in [4.69, 9.17) is 0 Å². The van der Waals surface area contributed by atoms with Crippen molar-refractivity contribution >= 4 is 57.0 Å². The van der Waals surface area contributed by atoms with Crippen LogP contribution in [0.3, 0.4) is 0 Å². The smallest absolute Gasteiger partial charge is 0.0540 e. The maximum absolute atomic E-state index is 2.37. The van der Waals surface area contributed by atoms with E-state index in [2.05, 4.69) is 220 Å². The molecule has 246 valence electrons. The van der Waals surface area contributed by atoms with Gasteiger partial charge in [0.15, 0.2) is 0 Å². The highest BCUT2D eigenvalue weighted by Gasteiger charge is 2.18. The van der Waals surface area contributed by atoms with E-state index in [-0.39, 0.29) is 5.41 Å². The Morgan fingerprint density at radius 3 is 1.28 bits per heavy atom. The Morgan fingerprint density at radius 1 is 0.400 bits per heavy atom. The molecular weight excluding hydrogens is 605 g/mol. The number of hydrogen-bond donors (Lipinski definition) is 0. The summed E-state index contributed by atoms with van der Waals surface area (Å²) >= 11 is 0. The lowest BCUT2D eigenvalue weighted by molar-refractivity contribution is 0.590. The topological polar surface area (TPSA) is 6.48 Å².